The summed E-state index contributed by atoms with van der Waals surface area (Å²) in [4.78, 5) is 35.6. The molecule has 1 aliphatic carbocycles. The minimum atomic E-state index is -0.853. The van der Waals surface area contributed by atoms with Crippen molar-refractivity contribution in [2.45, 2.75) is 63.0 Å². The largest absolute Gasteiger partial charge is 0.389 e. The fourth-order valence-corrected chi connectivity index (χ4v) is 4.86. The predicted molar refractivity (Wildman–Crippen MR) is 111 cm³/mol. The highest BCUT2D eigenvalue weighted by Gasteiger charge is 2.37. The number of nitrogens with one attached hydrogen (secondary N) is 1. The van der Waals surface area contributed by atoms with Crippen LogP contribution in [0.5, 0.6) is 0 Å². The van der Waals surface area contributed by atoms with Gasteiger partial charge in [0.05, 0.1) is 29.3 Å². The van der Waals surface area contributed by atoms with E-state index in [2.05, 4.69) is 15.3 Å². The molecule has 2 aromatic rings. The molecule has 1 atom stereocenters. The minimum Gasteiger partial charge on any atom is -0.389 e. The number of pyridine rings is 1. The van der Waals surface area contributed by atoms with Crippen LogP contribution >= 0.6 is 11.3 Å². The Kier molecular flexibility index (Phi) is 5.91. The molecular weight excluding hydrogens is 388 g/mol. The number of thiazole rings is 1. The van der Waals surface area contributed by atoms with Crippen molar-refractivity contribution < 1.29 is 14.7 Å². The smallest absolute Gasteiger partial charge is 0.259 e. The Hall–Kier alpha value is -2.32. The Balaban J connectivity index is 1.41. The molecule has 0 unspecified atom stereocenters. The van der Waals surface area contributed by atoms with Crippen LogP contribution in [0.25, 0.3) is 0 Å². The molecular formula is C21H26N4O3S. The third-order valence-electron chi connectivity index (χ3n) is 5.88. The molecule has 2 N–H and O–H groups in total. The standard InChI is InChI=1S/C21H26N4O3S/c26-18(13-21(28)8-2-1-3-9-21)25-11-4-5-17(25)16-7-6-15(14-23-16)19(27)24-20-22-10-12-29-20/h6-7,10,12,14,17,28H,1-5,8-9,11,13H2,(H,22,24,27)/t17-/m1/s1. The van der Waals surface area contributed by atoms with Crippen molar-refractivity contribution in [3.05, 3.63) is 41.2 Å². The summed E-state index contributed by atoms with van der Waals surface area (Å²) < 4.78 is 0. The minimum absolute atomic E-state index is 0.00397. The van der Waals surface area contributed by atoms with Gasteiger partial charge in [-0.15, -0.1) is 11.3 Å². The van der Waals surface area contributed by atoms with E-state index in [9.17, 15) is 14.7 Å². The van der Waals surface area contributed by atoms with E-state index in [1.54, 1.807) is 23.8 Å². The molecule has 4 rings (SSSR count). The summed E-state index contributed by atoms with van der Waals surface area (Å²) in [6.45, 7) is 0.688. The molecule has 2 aromatic heterocycles. The van der Waals surface area contributed by atoms with Gasteiger partial charge in [-0.25, -0.2) is 4.98 Å². The van der Waals surface area contributed by atoms with Crippen LogP contribution in [0.1, 0.15) is 73.5 Å². The fraction of sp³-hybridized carbons (Fsp3) is 0.524. The van der Waals surface area contributed by atoms with Crippen molar-refractivity contribution in [2.75, 3.05) is 11.9 Å². The van der Waals surface area contributed by atoms with E-state index >= 15 is 0 Å². The van der Waals surface area contributed by atoms with Crippen LogP contribution in [-0.4, -0.2) is 43.9 Å². The van der Waals surface area contributed by atoms with Crippen LogP contribution in [-0.2, 0) is 4.79 Å². The van der Waals surface area contributed by atoms with Gasteiger partial charge in [0.25, 0.3) is 5.91 Å². The fourth-order valence-electron chi connectivity index (χ4n) is 4.33. The van der Waals surface area contributed by atoms with Crippen molar-refractivity contribution in [1.82, 2.24) is 14.9 Å². The van der Waals surface area contributed by atoms with Gasteiger partial charge >= 0.3 is 0 Å². The number of hydrogen-bond acceptors (Lipinski definition) is 6. The lowest BCUT2D eigenvalue weighted by atomic mass is 9.82. The molecule has 0 aromatic carbocycles. The quantitative estimate of drug-likeness (QED) is 0.780. The highest BCUT2D eigenvalue weighted by atomic mass is 32.1. The van der Waals surface area contributed by atoms with E-state index in [1.165, 1.54) is 11.3 Å². The molecule has 1 aliphatic heterocycles. The summed E-state index contributed by atoms with van der Waals surface area (Å²) in [5.74, 6) is -0.248. The maximum Gasteiger partial charge on any atom is 0.259 e. The topological polar surface area (TPSA) is 95.4 Å². The van der Waals surface area contributed by atoms with Gasteiger partial charge < -0.3 is 10.0 Å². The highest BCUT2D eigenvalue weighted by molar-refractivity contribution is 7.13. The van der Waals surface area contributed by atoms with Crippen LogP contribution < -0.4 is 5.32 Å². The summed E-state index contributed by atoms with van der Waals surface area (Å²) >= 11 is 1.36. The molecule has 0 radical (unpaired) electrons. The lowest BCUT2D eigenvalue weighted by Gasteiger charge is -2.34. The van der Waals surface area contributed by atoms with E-state index in [0.717, 1.165) is 37.8 Å². The first-order chi connectivity index (χ1) is 14.0. The SMILES string of the molecule is O=C(Nc1nccs1)c1ccc([C@H]2CCCN2C(=O)CC2(O)CCCCC2)nc1. The zero-order chi connectivity index (χ0) is 20.3. The molecule has 29 heavy (non-hydrogen) atoms. The van der Waals surface area contributed by atoms with Gasteiger partial charge in [-0.1, -0.05) is 19.3 Å². The second-order valence-electron chi connectivity index (χ2n) is 7.97. The average Bonchev–Trinajstić information content (AvgIpc) is 3.40. The third-order valence-corrected chi connectivity index (χ3v) is 6.57. The maximum absolute atomic E-state index is 12.9. The van der Waals surface area contributed by atoms with Crippen molar-refractivity contribution in [3.63, 3.8) is 0 Å². The van der Waals surface area contributed by atoms with E-state index in [-0.39, 0.29) is 24.3 Å². The number of aromatic nitrogens is 2. The molecule has 2 fully saturated rings. The Bertz CT molecular complexity index is 847. The number of aliphatic hydroxyl groups is 1. The van der Waals surface area contributed by atoms with Crippen LogP contribution in [0.2, 0.25) is 0 Å². The number of hydrogen-bond donors (Lipinski definition) is 2. The van der Waals surface area contributed by atoms with Gasteiger partial charge in [-0.3, -0.25) is 19.9 Å². The van der Waals surface area contributed by atoms with Gasteiger partial charge in [-0.05, 0) is 37.8 Å². The van der Waals surface area contributed by atoms with Crippen molar-refractivity contribution in [3.8, 4) is 0 Å². The first-order valence-electron chi connectivity index (χ1n) is 10.2. The van der Waals surface area contributed by atoms with Crippen LogP contribution in [0, 0.1) is 0 Å². The average molecular weight is 415 g/mol. The van der Waals surface area contributed by atoms with Gasteiger partial charge in [0.2, 0.25) is 5.91 Å². The lowest BCUT2D eigenvalue weighted by molar-refractivity contribution is -0.138. The number of likely N-dealkylation sites (tertiary alicyclic amines) is 1. The molecule has 0 spiro atoms. The normalized spacial score (nSPS) is 21.1. The molecule has 154 valence electrons. The van der Waals surface area contributed by atoms with Crippen LogP contribution in [0.3, 0.4) is 0 Å². The molecule has 3 heterocycles. The number of carbonyl (C=O) groups excluding carboxylic acids is 2. The number of nitrogens with zero attached hydrogens (tertiary/aromatic N) is 3. The molecule has 2 aliphatic rings. The summed E-state index contributed by atoms with van der Waals surface area (Å²) in [5, 5.41) is 15.8. The number of anilines is 1. The Morgan fingerprint density at radius 3 is 2.72 bits per heavy atom. The molecule has 1 saturated carbocycles. The Morgan fingerprint density at radius 2 is 2.03 bits per heavy atom. The Morgan fingerprint density at radius 1 is 1.21 bits per heavy atom. The first kappa shape index (κ1) is 20.0. The molecule has 7 nitrogen and oxygen atoms in total. The van der Waals surface area contributed by atoms with E-state index in [0.29, 0.717) is 30.1 Å². The summed E-state index contributed by atoms with van der Waals surface area (Å²) in [6.07, 6.45) is 9.66. The molecule has 8 heteroatoms. The molecule has 2 amide bonds. The van der Waals surface area contributed by atoms with E-state index in [4.69, 9.17) is 0 Å². The monoisotopic (exact) mass is 414 g/mol. The first-order valence-corrected chi connectivity index (χ1v) is 11.1. The third kappa shape index (κ3) is 4.64. The lowest BCUT2D eigenvalue weighted by Crippen LogP contribution is -2.40. The van der Waals surface area contributed by atoms with Crippen LogP contribution in [0.4, 0.5) is 5.13 Å². The van der Waals surface area contributed by atoms with Gasteiger partial charge in [-0.2, -0.15) is 0 Å². The molecule has 1 saturated heterocycles. The Labute approximate surface area is 174 Å². The maximum atomic E-state index is 12.9. The zero-order valence-electron chi connectivity index (χ0n) is 16.3. The zero-order valence-corrected chi connectivity index (χ0v) is 17.2. The number of amides is 2. The van der Waals surface area contributed by atoms with Gasteiger partial charge in [0, 0.05) is 24.3 Å². The van der Waals surface area contributed by atoms with Crippen molar-refractivity contribution in [2.24, 2.45) is 0 Å². The second-order valence-corrected chi connectivity index (χ2v) is 8.86. The van der Waals surface area contributed by atoms with Gasteiger partial charge in [0.1, 0.15) is 0 Å². The number of carbonyl (C=O) groups is 2. The van der Waals surface area contributed by atoms with Crippen LogP contribution in [0.15, 0.2) is 29.9 Å². The van der Waals surface area contributed by atoms with E-state index in [1.807, 2.05) is 11.0 Å². The van der Waals surface area contributed by atoms with Gasteiger partial charge in [0.15, 0.2) is 5.13 Å². The van der Waals surface area contributed by atoms with E-state index < -0.39 is 5.60 Å². The predicted octanol–water partition coefficient (Wildman–Crippen LogP) is 3.54. The summed E-state index contributed by atoms with van der Waals surface area (Å²) in [6, 6.07) is 3.47. The highest BCUT2D eigenvalue weighted by Crippen LogP contribution is 2.35. The second kappa shape index (κ2) is 8.59. The van der Waals surface area contributed by atoms with Crippen molar-refractivity contribution in [1.29, 1.82) is 0 Å². The van der Waals surface area contributed by atoms with Crippen molar-refractivity contribution >= 4 is 28.3 Å². The summed E-state index contributed by atoms with van der Waals surface area (Å²) in [5.41, 5.74) is 0.391. The molecule has 0 bridgehead atoms. The number of rotatable bonds is 5. The summed E-state index contributed by atoms with van der Waals surface area (Å²) in [7, 11) is 0.